The van der Waals surface area contributed by atoms with E-state index < -0.39 is 0 Å². The SMILES string of the molecule is Cc1ccc(Cl)c(Oc2cncc(Br)c2)c1. The van der Waals surface area contributed by atoms with Gasteiger partial charge in [0.1, 0.15) is 11.5 Å². The largest absolute Gasteiger partial charge is 0.454 e. The van der Waals surface area contributed by atoms with Crippen LogP contribution in [0.3, 0.4) is 0 Å². The minimum absolute atomic E-state index is 0.588. The van der Waals surface area contributed by atoms with Crippen LogP contribution < -0.4 is 4.74 Å². The van der Waals surface area contributed by atoms with Crippen LogP contribution in [0.1, 0.15) is 5.56 Å². The minimum atomic E-state index is 0.588. The zero-order valence-corrected chi connectivity index (χ0v) is 10.9. The maximum atomic E-state index is 6.03. The molecule has 0 atom stereocenters. The summed E-state index contributed by atoms with van der Waals surface area (Å²) in [7, 11) is 0. The number of aryl methyl sites for hydroxylation is 1. The second-order valence-electron chi connectivity index (χ2n) is 3.37. The normalized spacial score (nSPS) is 10.2. The molecule has 0 aliphatic carbocycles. The van der Waals surface area contributed by atoms with Crippen molar-refractivity contribution < 1.29 is 4.74 Å². The average molecular weight is 299 g/mol. The van der Waals surface area contributed by atoms with Crippen LogP contribution in [0.2, 0.25) is 5.02 Å². The van der Waals surface area contributed by atoms with Crippen molar-refractivity contribution in [1.29, 1.82) is 0 Å². The Bertz CT molecular complexity index is 516. The maximum Gasteiger partial charge on any atom is 0.146 e. The average Bonchev–Trinajstić information content (AvgIpc) is 2.24. The van der Waals surface area contributed by atoms with Crippen LogP contribution in [-0.2, 0) is 0 Å². The molecule has 0 amide bonds. The molecule has 0 N–H and O–H groups in total. The lowest BCUT2D eigenvalue weighted by molar-refractivity contribution is 0.480. The molecule has 1 aromatic heterocycles. The van der Waals surface area contributed by atoms with Crippen LogP contribution >= 0.6 is 27.5 Å². The monoisotopic (exact) mass is 297 g/mol. The quantitative estimate of drug-likeness (QED) is 0.808. The summed E-state index contributed by atoms with van der Waals surface area (Å²) in [6, 6.07) is 7.49. The Morgan fingerprint density at radius 3 is 2.81 bits per heavy atom. The van der Waals surface area contributed by atoms with Gasteiger partial charge in [-0.3, -0.25) is 4.98 Å². The number of hydrogen-bond acceptors (Lipinski definition) is 2. The van der Waals surface area contributed by atoms with E-state index in [1.807, 2.05) is 31.2 Å². The predicted molar refractivity (Wildman–Crippen MR) is 68.2 cm³/mol. The molecule has 0 fully saturated rings. The molecule has 0 saturated heterocycles. The maximum absolute atomic E-state index is 6.03. The third-order valence-electron chi connectivity index (χ3n) is 1.99. The molecule has 1 heterocycles. The second kappa shape index (κ2) is 4.85. The number of rotatable bonds is 2. The highest BCUT2D eigenvalue weighted by Crippen LogP contribution is 2.30. The highest BCUT2D eigenvalue weighted by Gasteiger charge is 2.04. The van der Waals surface area contributed by atoms with E-state index in [1.165, 1.54) is 0 Å². The van der Waals surface area contributed by atoms with E-state index in [-0.39, 0.29) is 0 Å². The van der Waals surface area contributed by atoms with E-state index in [0.717, 1.165) is 10.0 Å². The smallest absolute Gasteiger partial charge is 0.146 e. The minimum Gasteiger partial charge on any atom is -0.454 e. The first-order valence-electron chi connectivity index (χ1n) is 4.70. The van der Waals surface area contributed by atoms with Gasteiger partial charge < -0.3 is 4.74 Å². The summed E-state index contributed by atoms with van der Waals surface area (Å²) < 4.78 is 6.52. The van der Waals surface area contributed by atoms with Gasteiger partial charge in [0.15, 0.2) is 0 Å². The van der Waals surface area contributed by atoms with E-state index in [4.69, 9.17) is 16.3 Å². The molecule has 0 saturated carbocycles. The lowest BCUT2D eigenvalue weighted by Crippen LogP contribution is -1.87. The van der Waals surface area contributed by atoms with Gasteiger partial charge in [0, 0.05) is 10.7 Å². The van der Waals surface area contributed by atoms with Crippen LogP contribution in [-0.4, -0.2) is 4.98 Å². The Hall–Kier alpha value is -1.06. The van der Waals surface area contributed by atoms with Crippen molar-refractivity contribution in [1.82, 2.24) is 4.98 Å². The number of ether oxygens (including phenoxy) is 1. The van der Waals surface area contributed by atoms with Gasteiger partial charge in [-0.2, -0.15) is 0 Å². The van der Waals surface area contributed by atoms with Gasteiger partial charge in [-0.05, 0) is 46.6 Å². The fraction of sp³-hybridized carbons (Fsp3) is 0.0833. The Morgan fingerprint density at radius 2 is 2.06 bits per heavy atom. The molecule has 2 aromatic rings. The first kappa shape index (κ1) is 11.4. The molecule has 0 unspecified atom stereocenters. The van der Waals surface area contributed by atoms with Crippen LogP contribution in [0, 0.1) is 6.92 Å². The highest BCUT2D eigenvalue weighted by molar-refractivity contribution is 9.10. The van der Waals surface area contributed by atoms with Crippen molar-refractivity contribution in [2.24, 2.45) is 0 Å². The Labute approximate surface area is 107 Å². The van der Waals surface area contributed by atoms with Crippen molar-refractivity contribution in [2.45, 2.75) is 6.92 Å². The van der Waals surface area contributed by atoms with Crippen molar-refractivity contribution in [3.8, 4) is 11.5 Å². The predicted octanol–water partition coefficient (Wildman–Crippen LogP) is 4.60. The zero-order valence-electron chi connectivity index (χ0n) is 8.58. The van der Waals surface area contributed by atoms with Crippen LogP contribution in [0.15, 0.2) is 41.1 Å². The zero-order chi connectivity index (χ0) is 11.5. The van der Waals surface area contributed by atoms with Crippen molar-refractivity contribution in [2.75, 3.05) is 0 Å². The van der Waals surface area contributed by atoms with Crippen LogP contribution in [0.4, 0.5) is 0 Å². The summed E-state index contributed by atoms with van der Waals surface area (Å²) in [6.07, 6.45) is 3.34. The standard InChI is InChI=1S/C12H9BrClNO/c1-8-2-3-11(14)12(4-8)16-10-5-9(13)6-15-7-10/h2-7H,1H3. The lowest BCUT2D eigenvalue weighted by atomic mass is 10.2. The Balaban J connectivity index is 2.30. The number of aromatic nitrogens is 1. The summed E-state index contributed by atoms with van der Waals surface area (Å²) in [5.41, 5.74) is 1.10. The fourth-order valence-electron chi connectivity index (χ4n) is 1.26. The highest BCUT2D eigenvalue weighted by atomic mass is 79.9. The van der Waals surface area contributed by atoms with Crippen molar-refractivity contribution >= 4 is 27.5 Å². The first-order chi connectivity index (χ1) is 7.65. The molecule has 16 heavy (non-hydrogen) atoms. The van der Waals surface area contributed by atoms with Gasteiger partial charge in [0.2, 0.25) is 0 Å². The van der Waals surface area contributed by atoms with E-state index in [9.17, 15) is 0 Å². The van der Waals surface area contributed by atoms with E-state index in [1.54, 1.807) is 12.4 Å². The summed E-state index contributed by atoms with van der Waals surface area (Å²) in [6.45, 7) is 1.99. The summed E-state index contributed by atoms with van der Waals surface area (Å²) in [5.74, 6) is 1.29. The Kier molecular flexibility index (Phi) is 3.46. The molecule has 1 aromatic carbocycles. The number of pyridine rings is 1. The molecular formula is C12H9BrClNO. The molecule has 0 aliphatic heterocycles. The third-order valence-corrected chi connectivity index (χ3v) is 2.74. The van der Waals surface area contributed by atoms with Crippen molar-refractivity contribution in [3.63, 3.8) is 0 Å². The summed E-state index contributed by atoms with van der Waals surface area (Å²) >= 11 is 9.36. The first-order valence-corrected chi connectivity index (χ1v) is 5.87. The van der Waals surface area contributed by atoms with Gasteiger partial charge in [-0.25, -0.2) is 0 Å². The summed E-state index contributed by atoms with van der Waals surface area (Å²) in [4.78, 5) is 4.02. The molecule has 0 aliphatic rings. The van der Waals surface area contributed by atoms with E-state index >= 15 is 0 Å². The number of nitrogens with zero attached hydrogens (tertiary/aromatic N) is 1. The van der Waals surface area contributed by atoms with Crippen LogP contribution in [0.5, 0.6) is 11.5 Å². The van der Waals surface area contributed by atoms with Gasteiger partial charge in [-0.1, -0.05) is 17.7 Å². The molecule has 4 heteroatoms. The number of hydrogen-bond donors (Lipinski definition) is 0. The molecule has 0 bridgehead atoms. The molecule has 2 rings (SSSR count). The van der Waals surface area contributed by atoms with Gasteiger partial charge in [-0.15, -0.1) is 0 Å². The molecule has 0 spiro atoms. The van der Waals surface area contributed by atoms with Crippen LogP contribution in [0.25, 0.3) is 0 Å². The molecule has 2 nitrogen and oxygen atoms in total. The third kappa shape index (κ3) is 2.74. The van der Waals surface area contributed by atoms with E-state index in [2.05, 4.69) is 20.9 Å². The fourth-order valence-corrected chi connectivity index (χ4v) is 1.76. The Morgan fingerprint density at radius 1 is 1.25 bits per heavy atom. The van der Waals surface area contributed by atoms with Gasteiger partial charge in [0.05, 0.1) is 11.2 Å². The second-order valence-corrected chi connectivity index (χ2v) is 4.70. The van der Waals surface area contributed by atoms with Crippen molar-refractivity contribution in [3.05, 3.63) is 51.7 Å². The summed E-state index contributed by atoms with van der Waals surface area (Å²) in [5, 5.41) is 0.588. The lowest BCUT2D eigenvalue weighted by Gasteiger charge is -2.08. The van der Waals surface area contributed by atoms with E-state index in [0.29, 0.717) is 16.5 Å². The number of benzene rings is 1. The molecule has 0 radical (unpaired) electrons. The molecule has 82 valence electrons. The number of halogens is 2. The van der Waals surface area contributed by atoms with Gasteiger partial charge in [0.25, 0.3) is 0 Å². The topological polar surface area (TPSA) is 22.1 Å². The van der Waals surface area contributed by atoms with Gasteiger partial charge >= 0.3 is 0 Å². The molecular weight excluding hydrogens is 289 g/mol.